The Kier molecular flexibility index (Phi) is 3.78. The Morgan fingerprint density at radius 1 is 1.14 bits per heavy atom. The molecule has 1 aliphatic heterocycles. The van der Waals surface area contributed by atoms with Gasteiger partial charge in [-0.3, -0.25) is 4.79 Å². The Balaban J connectivity index is 2.03. The minimum absolute atomic E-state index is 0.165. The van der Waals surface area contributed by atoms with Crippen molar-refractivity contribution >= 4 is 39.0 Å². The zero-order valence-corrected chi connectivity index (χ0v) is 13.2. The van der Waals surface area contributed by atoms with Gasteiger partial charge in [0.2, 0.25) is 0 Å². The third kappa shape index (κ3) is 2.71. The molecule has 21 heavy (non-hydrogen) atoms. The molecule has 0 saturated carbocycles. The zero-order valence-electron chi connectivity index (χ0n) is 10.9. The molecule has 0 amide bonds. The number of rotatable bonds is 2. The normalized spacial score (nSPS) is 13.0. The minimum atomic E-state index is -0.165. The molecule has 1 heterocycles. The SMILES string of the molecule is Nc1cc(C(=O)c2cc3c(cc2Br)OCCO3)ccc1Cl. The monoisotopic (exact) mass is 367 g/mol. The van der Waals surface area contributed by atoms with E-state index in [-0.39, 0.29) is 5.78 Å². The van der Waals surface area contributed by atoms with E-state index in [4.69, 9.17) is 26.8 Å². The van der Waals surface area contributed by atoms with Crippen molar-refractivity contribution in [3.8, 4) is 11.5 Å². The third-order valence-corrected chi connectivity index (χ3v) is 4.13. The van der Waals surface area contributed by atoms with E-state index < -0.39 is 0 Å². The summed E-state index contributed by atoms with van der Waals surface area (Å²) in [5.41, 5.74) is 7.07. The minimum Gasteiger partial charge on any atom is -0.486 e. The van der Waals surface area contributed by atoms with Crippen molar-refractivity contribution in [1.29, 1.82) is 0 Å². The molecule has 2 N–H and O–H groups in total. The van der Waals surface area contributed by atoms with Crippen molar-refractivity contribution in [2.24, 2.45) is 0 Å². The van der Waals surface area contributed by atoms with Crippen LogP contribution < -0.4 is 15.2 Å². The maximum absolute atomic E-state index is 12.6. The lowest BCUT2D eigenvalue weighted by molar-refractivity contribution is 0.103. The van der Waals surface area contributed by atoms with Crippen LogP contribution >= 0.6 is 27.5 Å². The van der Waals surface area contributed by atoms with Crippen molar-refractivity contribution in [2.75, 3.05) is 18.9 Å². The Bertz CT molecular complexity index is 733. The molecule has 3 rings (SSSR count). The average Bonchev–Trinajstić information content (AvgIpc) is 2.48. The van der Waals surface area contributed by atoms with E-state index >= 15 is 0 Å². The van der Waals surface area contributed by atoms with Gasteiger partial charge in [0, 0.05) is 15.6 Å². The Labute approximate surface area is 134 Å². The number of ether oxygens (including phenoxy) is 2. The lowest BCUT2D eigenvalue weighted by Gasteiger charge is -2.19. The number of ketones is 1. The van der Waals surface area contributed by atoms with E-state index in [1.807, 2.05) is 0 Å². The highest BCUT2D eigenvalue weighted by Gasteiger charge is 2.20. The number of fused-ring (bicyclic) bond motifs is 1. The van der Waals surface area contributed by atoms with Gasteiger partial charge >= 0.3 is 0 Å². The molecule has 2 aromatic carbocycles. The van der Waals surface area contributed by atoms with Gasteiger partial charge in [-0.1, -0.05) is 11.6 Å². The van der Waals surface area contributed by atoms with Crippen LogP contribution in [-0.2, 0) is 0 Å². The first kappa shape index (κ1) is 14.2. The fourth-order valence-corrected chi connectivity index (χ4v) is 2.70. The first-order chi connectivity index (χ1) is 10.1. The molecule has 0 fully saturated rings. The number of hydrogen-bond acceptors (Lipinski definition) is 4. The molecule has 0 aliphatic carbocycles. The number of nitrogen functional groups attached to an aromatic ring is 1. The highest BCUT2D eigenvalue weighted by atomic mass is 79.9. The first-order valence-electron chi connectivity index (χ1n) is 6.25. The van der Waals surface area contributed by atoms with Crippen molar-refractivity contribution in [3.63, 3.8) is 0 Å². The number of hydrogen-bond donors (Lipinski definition) is 1. The Morgan fingerprint density at radius 2 is 1.81 bits per heavy atom. The van der Waals surface area contributed by atoms with E-state index in [1.54, 1.807) is 30.3 Å². The first-order valence-corrected chi connectivity index (χ1v) is 7.42. The van der Waals surface area contributed by atoms with Crippen molar-refractivity contribution in [1.82, 2.24) is 0 Å². The van der Waals surface area contributed by atoms with E-state index in [1.165, 1.54) is 0 Å². The topological polar surface area (TPSA) is 61.6 Å². The summed E-state index contributed by atoms with van der Waals surface area (Å²) in [6.07, 6.45) is 0. The van der Waals surface area contributed by atoms with Gasteiger partial charge in [-0.15, -0.1) is 0 Å². The second-order valence-electron chi connectivity index (χ2n) is 4.54. The molecule has 0 atom stereocenters. The molecule has 0 aromatic heterocycles. The number of halogens is 2. The smallest absolute Gasteiger partial charge is 0.194 e. The van der Waals surface area contributed by atoms with Crippen LogP contribution in [0.15, 0.2) is 34.8 Å². The Hall–Kier alpha value is -1.72. The number of benzene rings is 2. The maximum atomic E-state index is 12.6. The van der Waals surface area contributed by atoms with Crippen LogP contribution in [0.5, 0.6) is 11.5 Å². The van der Waals surface area contributed by atoms with E-state index in [0.717, 1.165) is 0 Å². The van der Waals surface area contributed by atoms with Gasteiger partial charge in [-0.25, -0.2) is 0 Å². The second kappa shape index (κ2) is 5.58. The van der Waals surface area contributed by atoms with Gasteiger partial charge in [0.1, 0.15) is 13.2 Å². The standard InChI is InChI=1S/C15H11BrClNO3/c16-10-7-14-13(20-3-4-21-14)6-9(10)15(19)8-1-2-11(17)12(18)5-8/h1-2,5-7H,3-4,18H2. The van der Waals surface area contributed by atoms with Gasteiger partial charge < -0.3 is 15.2 Å². The van der Waals surface area contributed by atoms with E-state index in [0.29, 0.717) is 51.0 Å². The molecule has 2 aromatic rings. The summed E-state index contributed by atoms with van der Waals surface area (Å²) < 4.78 is 11.6. The fourth-order valence-electron chi connectivity index (χ4n) is 2.08. The summed E-state index contributed by atoms with van der Waals surface area (Å²) in [6, 6.07) is 8.22. The van der Waals surface area contributed by atoms with E-state index in [2.05, 4.69) is 15.9 Å². The number of anilines is 1. The van der Waals surface area contributed by atoms with Crippen molar-refractivity contribution in [3.05, 3.63) is 51.0 Å². The highest BCUT2D eigenvalue weighted by molar-refractivity contribution is 9.10. The maximum Gasteiger partial charge on any atom is 0.194 e. The van der Waals surface area contributed by atoms with Gasteiger partial charge in [-0.2, -0.15) is 0 Å². The third-order valence-electron chi connectivity index (χ3n) is 3.13. The van der Waals surface area contributed by atoms with Crippen LogP contribution in [0.1, 0.15) is 15.9 Å². The predicted octanol–water partition coefficient (Wildman–Crippen LogP) is 3.69. The molecule has 6 heteroatoms. The summed E-state index contributed by atoms with van der Waals surface area (Å²) in [6.45, 7) is 0.969. The predicted molar refractivity (Wildman–Crippen MR) is 84.4 cm³/mol. The van der Waals surface area contributed by atoms with Crippen LogP contribution in [0.4, 0.5) is 5.69 Å². The molecule has 1 aliphatic rings. The summed E-state index contributed by atoms with van der Waals surface area (Å²) in [5.74, 6) is 1.03. The van der Waals surface area contributed by atoms with Crippen LogP contribution in [-0.4, -0.2) is 19.0 Å². The molecule has 0 unspecified atom stereocenters. The Morgan fingerprint density at radius 3 is 2.48 bits per heavy atom. The molecule has 108 valence electrons. The van der Waals surface area contributed by atoms with Gasteiger partial charge in [-0.05, 0) is 46.3 Å². The molecular formula is C15H11BrClNO3. The molecule has 0 bridgehead atoms. The summed E-state index contributed by atoms with van der Waals surface area (Å²) in [5, 5.41) is 0.424. The number of nitrogens with two attached hydrogens (primary N) is 1. The van der Waals surface area contributed by atoms with Crippen molar-refractivity contribution in [2.45, 2.75) is 0 Å². The number of carbonyl (C=O) groups excluding carboxylic acids is 1. The molecule has 4 nitrogen and oxygen atoms in total. The zero-order chi connectivity index (χ0) is 15.0. The molecule has 0 saturated heterocycles. The molecule has 0 spiro atoms. The fraction of sp³-hybridized carbons (Fsp3) is 0.133. The van der Waals surface area contributed by atoms with Crippen LogP contribution in [0, 0.1) is 0 Å². The lowest BCUT2D eigenvalue weighted by Crippen LogP contribution is -2.16. The van der Waals surface area contributed by atoms with E-state index in [9.17, 15) is 4.79 Å². The highest BCUT2D eigenvalue weighted by Crippen LogP contribution is 2.36. The summed E-state index contributed by atoms with van der Waals surface area (Å²) in [7, 11) is 0. The largest absolute Gasteiger partial charge is 0.486 e. The summed E-state index contributed by atoms with van der Waals surface area (Å²) in [4.78, 5) is 12.6. The van der Waals surface area contributed by atoms with Gasteiger partial charge in [0.05, 0.1) is 10.7 Å². The molecule has 0 radical (unpaired) electrons. The van der Waals surface area contributed by atoms with Crippen LogP contribution in [0.2, 0.25) is 5.02 Å². The van der Waals surface area contributed by atoms with Crippen molar-refractivity contribution < 1.29 is 14.3 Å². The average molecular weight is 369 g/mol. The molecular weight excluding hydrogens is 358 g/mol. The summed E-state index contributed by atoms with van der Waals surface area (Å²) >= 11 is 9.27. The lowest BCUT2D eigenvalue weighted by atomic mass is 10.0. The van der Waals surface area contributed by atoms with Crippen LogP contribution in [0.25, 0.3) is 0 Å². The quantitative estimate of drug-likeness (QED) is 0.649. The second-order valence-corrected chi connectivity index (χ2v) is 5.80. The van der Waals surface area contributed by atoms with Crippen LogP contribution in [0.3, 0.4) is 0 Å². The van der Waals surface area contributed by atoms with Gasteiger partial charge in [0.25, 0.3) is 0 Å². The van der Waals surface area contributed by atoms with Gasteiger partial charge in [0.15, 0.2) is 17.3 Å². The number of carbonyl (C=O) groups is 1.